The van der Waals surface area contributed by atoms with Crippen molar-refractivity contribution in [2.24, 2.45) is 0 Å². The van der Waals surface area contributed by atoms with Crippen LogP contribution in [0.3, 0.4) is 0 Å². The van der Waals surface area contributed by atoms with E-state index >= 15 is 0 Å². The number of nitrogens with one attached hydrogen (secondary N) is 1. The molecule has 1 atom stereocenters. The van der Waals surface area contributed by atoms with E-state index in [-0.39, 0.29) is 0 Å². The third kappa shape index (κ3) is 2.05. The Morgan fingerprint density at radius 2 is 2.54 bits per heavy atom. The number of hydrogen-bond donors (Lipinski definition) is 1. The number of aromatic nitrogens is 1. The Morgan fingerprint density at radius 1 is 1.69 bits per heavy atom. The maximum Gasteiger partial charge on any atom is 0.154 e. The van der Waals surface area contributed by atoms with Gasteiger partial charge in [-0.25, -0.2) is 4.98 Å². The van der Waals surface area contributed by atoms with E-state index in [1.807, 2.05) is 18.4 Å². The second-order valence-corrected chi connectivity index (χ2v) is 6.21. The lowest BCUT2D eigenvalue weighted by atomic mass is 9.92. The molecule has 1 aromatic heterocycles. The first-order chi connectivity index (χ1) is 6.31. The molecule has 1 aromatic rings. The van der Waals surface area contributed by atoms with E-state index in [1.165, 1.54) is 32.8 Å². The molecule has 1 unspecified atom stereocenters. The molecule has 0 fully saturated rings. The van der Waals surface area contributed by atoms with Crippen molar-refractivity contribution in [3.8, 4) is 0 Å². The zero-order valence-corrected chi connectivity index (χ0v) is 10.6. The van der Waals surface area contributed by atoms with Crippen LogP contribution in [-0.4, -0.2) is 18.6 Å². The van der Waals surface area contributed by atoms with Gasteiger partial charge in [-0.1, -0.05) is 0 Å². The number of rotatable bonds is 2. The minimum Gasteiger partial charge on any atom is -0.319 e. The smallest absolute Gasteiger partial charge is 0.154 e. The monoisotopic (exact) mass is 308 g/mol. The van der Waals surface area contributed by atoms with Crippen molar-refractivity contribution in [2.75, 3.05) is 13.6 Å². The summed E-state index contributed by atoms with van der Waals surface area (Å²) in [5.41, 5.74) is 1.36. The van der Waals surface area contributed by atoms with Gasteiger partial charge in [0.1, 0.15) is 0 Å². The van der Waals surface area contributed by atoms with Gasteiger partial charge in [0.15, 0.2) is 3.01 Å². The van der Waals surface area contributed by atoms with Crippen molar-refractivity contribution in [1.29, 1.82) is 0 Å². The summed E-state index contributed by atoms with van der Waals surface area (Å²) in [7, 11) is 2.03. The molecule has 1 N–H and O–H groups in total. The summed E-state index contributed by atoms with van der Waals surface area (Å²) in [5.74, 6) is 0.717. The molecule has 13 heavy (non-hydrogen) atoms. The van der Waals surface area contributed by atoms with Crippen molar-refractivity contribution in [1.82, 2.24) is 10.3 Å². The van der Waals surface area contributed by atoms with E-state index in [0.717, 1.165) is 12.5 Å². The number of thiazole rings is 1. The molecular weight excluding hydrogens is 295 g/mol. The second kappa shape index (κ2) is 4.23. The molecule has 1 heterocycles. The Hall–Kier alpha value is 0.320. The van der Waals surface area contributed by atoms with Crippen LogP contribution in [0, 0.1) is 3.01 Å². The largest absolute Gasteiger partial charge is 0.319 e. The predicted molar refractivity (Wildman–Crippen MR) is 64.4 cm³/mol. The number of aryl methyl sites for hydroxylation is 1. The lowest BCUT2D eigenvalue weighted by molar-refractivity contribution is 0.532. The fraction of sp³-hybridized carbons (Fsp3) is 0.667. The van der Waals surface area contributed by atoms with Crippen LogP contribution in [0.15, 0.2) is 0 Å². The maximum atomic E-state index is 4.56. The number of hydrogen-bond acceptors (Lipinski definition) is 3. The SMILES string of the molecule is CNCC1CCCc2nc(I)sc21. The third-order valence-electron chi connectivity index (χ3n) is 2.49. The summed E-state index contributed by atoms with van der Waals surface area (Å²) < 4.78 is 1.20. The van der Waals surface area contributed by atoms with Crippen LogP contribution in [0.5, 0.6) is 0 Å². The fourth-order valence-electron chi connectivity index (χ4n) is 1.92. The Balaban J connectivity index is 2.25. The van der Waals surface area contributed by atoms with Crippen molar-refractivity contribution in [2.45, 2.75) is 25.2 Å². The normalized spacial score (nSPS) is 21.5. The molecule has 0 bridgehead atoms. The van der Waals surface area contributed by atoms with E-state index in [9.17, 15) is 0 Å². The summed E-state index contributed by atoms with van der Waals surface area (Å²) in [5, 5.41) is 3.26. The highest BCUT2D eigenvalue weighted by atomic mass is 127. The van der Waals surface area contributed by atoms with Gasteiger partial charge in [0.2, 0.25) is 0 Å². The van der Waals surface area contributed by atoms with E-state index < -0.39 is 0 Å². The molecule has 2 rings (SSSR count). The third-order valence-corrected chi connectivity index (χ3v) is 4.44. The molecule has 0 saturated carbocycles. The quantitative estimate of drug-likeness (QED) is 0.849. The number of likely N-dealkylation sites (N-methyl/N-ethyl adjacent to an activating group) is 1. The highest BCUT2D eigenvalue weighted by Crippen LogP contribution is 2.35. The topological polar surface area (TPSA) is 24.9 Å². The summed E-state index contributed by atoms with van der Waals surface area (Å²) in [6.07, 6.45) is 3.82. The van der Waals surface area contributed by atoms with Gasteiger partial charge in [-0.2, -0.15) is 0 Å². The standard InChI is InChI=1S/C9H13IN2S/c1-11-5-6-3-2-4-7-8(6)13-9(10)12-7/h6,11H,2-5H2,1H3. The molecule has 0 aliphatic heterocycles. The first-order valence-corrected chi connectivity index (χ1v) is 6.50. The fourth-order valence-corrected chi connectivity index (χ4v) is 3.89. The summed E-state index contributed by atoms with van der Waals surface area (Å²) in [6.45, 7) is 1.10. The van der Waals surface area contributed by atoms with E-state index in [0.29, 0.717) is 0 Å². The molecule has 1 aliphatic carbocycles. The lowest BCUT2D eigenvalue weighted by Gasteiger charge is -2.20. The second-order valence-electron chi connectivity index (χ2n) is 3.42. The van der Waals surface area contributed by atoms with Crippen molar-refractivity contribution in [3.63, 3.8) is 0 Å². The highest BCUT2D eigenvalue weighted by Gasteiger charge is 2.23. The number of nitrogens with zero attached hydrogens (tertiary/aromatic N) is 1. The summed E-state index contributed by atoms with van der Waals surface area (Å²) in [4.78, 5) is 6.09. The number of halogens is 1. The Morgan fingerprint density at radius 3 is 3.31 bits per heavy atom. The van der Waals surface area contributed by atoms with Gasteiger partial charge in [-0.15, -0.1) is 11.3 Å². The van der Waals surface area contributed by atoms with Crippen LogP contribution in [0.4, 0.5) is 0 Å². The Labute approximate surface area is 96.3 Å². The molecule has 0 amide bonds. The van der Waals surface area contributed by atoms with Gasteiger partial charge in [0, 0.05) is 17.3 Å². The Kier molecular flexibility index (Phi) is 3.21. The van der Waals surface area contributed by atoms with Gasteiger partial charge < -0.3 is 5.32 Å². The van der Waals surface area contributed by atoms with Crippen LogP contribution in [0.1, 0.15) is 29.3 Å². The van der Waals surface area contributed by atoms with Crippen molar-refractivity contribution in [3.05, 3.63) is 13.6 Å². The molecule has 0 aromatic carbocycles. The highest BCUT2D eigenvalue weighted by molar-refractivity contribution is 14.1. The maximum absolute atomic E-state index is 4.56. The average Bonchev–Trinajstić information content (AvgIpc) is 2.47. The predicted octanol–water partition coefficient (Wildman–Crippen LogP) is 2.39. The molecule has 1 aliphatic rings. The van der Waals surface area contributed by atoms with Crippen LogP contribution in [0.25, 0.3) is 0 Å². The molecule has 0 saturated heterocycles. The Bertz CT molecular complexity index is 298. The van der Waals surface area contributed by atoms with Crippen LogP contribution in [-0.2, 0) is 6.42 Å². The molecule has 4 heteroatoms. The molecule has 72 valence electrons. The molecule has 2 nitrogen and oxygen atoms in total. The van der Waals surface area contributed by atoms with Crippen LogP contribution in [0.2, 0.25) is 0 Å². The van der Waals surface area contributed by atoms with E-state index in [1.54, 1.807) is 0 Å². The molecule has 0 radical (unpaired) electrons. The van der Waals surface area contributed by atoms with Gasteiger partial charge >= 0.3 is 0 Å². The van der Waals surface area contributed by atoms with Gasteiger partial charge in [0.05, 0.1) is 5.69 Å². The number of fused-ring (bicyclic) bond motifs is 1. The van der Waals surface area contributed by atoms with Gasteiger partial charge in [-0.3, -0.25) is 0 Å². The summed E-state index contributed by atoms with van der Waals surface area (Å²) >= 11 is 4.20. The van der Waals surface area contributed by atoms with E-state index in [4.69, 9.17) is 0 Å². The average molecular weight is 308 g/mol. The molecular formula is C9H13IN2S. The zero-order valence-electron chi connectivity index (χ0n) is 7.64. The first-order valence-electron chi connectivity index (χ1n) is 4.61. The van der Waals surface area contributed by atoms with Gasteiger partial charge in [-0.05, 0) is 48.9 Å². The first kappa shape index (κ1) is 9.86. The molecule has 0 spiro atoms. The lowest BCUT2D eigenvalue weighted by Crippen LogP contribution is -2.20. The minimum atomic E-state index is 0.717. The van der Waals surface area contributed by atoms with Crippen LogP contribution >= 0.6 is 33.9 Å². The van der Waals surface area contributed by atoms with E-state index in [2.05, 4.69) is 32.9 Å². The van der Waals surface area contributed by atoms with Crippen LogP contribution < -0.4 is 5.32 Å². The van der Waals surface area contributed by atoms with Crippen molar-refractivity contribution < 1.29 is 0 Å². The summed E-state index contributed by atoms with van der Waals surface area (Å²) in [6, 6.07) is 0. The zero-order chi connectivity index (χ0) is 9.26. The van der Waals surface area contributed by atoms with Crippen molar-refractivity contribution >= 4 is 33.9 Å². The van der Waals surface area contributed by atoms with Gasteiger partial charge in [0.25, 0.3) is 0 Å². The minimum absolute atomic E-state index is 0.717.